The van der Waals surface area contributed by atoms with E-state index >= 15 is 0 Å². The van der Waals surface area contributed by atoms with Crippen molar-refractivity contribution < 1.29 is 9.47 Å². The minimum absolute atomic E-state index is 0.0231. The van der Waals surface area contributed by atoms with E-state index in [-0.39, 0.29) is 12.4 Å². The highest BCUT2D eigenvalue weighted by molar-refractivity contribution is 6.10. The van der Waals surface area contributed by atoms with Gasteiger partial charge in [0.15, 0.2) is 6.29 Å². The van der Waals surface area contributed by atoms with Crippen LogP contribution >= 0.6 is 0 Å². The van der Waals surface area contributed by atoms with Crippen molar-refractivity contribution in [3.63, 3.8) is 0 Å². The summed E-state index contributed by atoms with van der Waals surface area (Å²) in [6, 6.07) is 26.0. The molecule has 152 valence electrons. The van der Waals surface area contributed by atoms with Gasteiger partial charge in [-0.05, 0) is 69.6 Å². The standard InChI is InChI=1S/C28H28O2/c1-4-18(2)20-12-14-23(15-13-20)29-19(3)30-27-17-22-16-21-8-5-6-9-24(21)25-10-7-11-26(27)28(22)25/h5-16,18-19,27H,4,17H2,1-3H3. The fourth-order valence-electron chi connectivity index (χ4n) is 4.70. The second-order valence-electron chi connectivity index (χ2n) is 8.42. The number of hydrogen-bond donors (Lipinski definition) is 0. The molecule has 0 bridgehead atoms. The molecule has 3 unspecified atom stereocenters. The van der Waals surface area contributed by atoms with Crippen molar-refractivity contribution in [3.05, 3.63) is 89.5 Å². The van der Waals surface area contributed by atoms with Gasteiger partial charge in [0.1, 0.15) is 5.75 Å². The van der Waals surface area contributed by atoms with Crippen molar-refractivity contribution in [1.82, 2.24) is 0 Å². The minimum Gasteiger partial charge on any atom is -0.465 e. The Morgan fingerprint density at radius 3 is 2.47 bits per heavy atom. The summed E-state index contributed by atoms with van der Waals surface area (Å²) in [4.78, 5) is 0. The lowest BCUT2D eigenvalue weighted by Crippen LogP contribution is -2.19. The van der Waals surface area contributed by atoms with Crippen molar-refractivity contribution in [1.29, 1.82) is 0 Å². The maximum Gasteiger partial charge on any atom is 0.197 e. The molecule has 2 nitrogen and oxygen atoms in total. The number of rotatable bonds is 6. The highest BCUT2D eigenvalue weighted by atomic mass is 16.7. The molecule has 0 amide bonds. The topological polar surface area (TPSA) is 18.5 Å². The highest BCUT2D eigenvalue weighted by Crippen LogP contribution is 2.42. The minimum atomic E-state index is -0.316. The van der Waals surface area contributed by atoms with Crippen molar-refractivity contribution in [2.45, 2.75) is 51.9 Å². The molecular formula is C28H28O2. The van der Waals surface area contributed by atoms with Crippen LogP contribution in [-0.4, -0.2) is 6.29 Å². The van der Waals surface area contributed by atoms with Crippen LogP contribution in [-0.2, 0) is 11.2 Å². The first-order chi connectivity index (χ1) is 14.6. The molecule has 0 radical (unpaired) electrons. The maximum atomic E-state index is 6.39. The van der Waals surface area contributed by atoms with Crippen LogP contribution in [0.1, 0.15) is 55.9 Å². The zero-order chi connectivity index (χ0) is 20.7. The van der Waals surface area contributed by atoms with Crippen molar-refractivity contribution >= 4 is 21.5 Å². The van der Waals surface area contributed by atoms with Crippen LogP contribution in [0.2, 0.25) is 0 Å². The van der Waals surface area contributed by atoms with E-state index in [0.29, 0.717) is 5.92 Å². The molecule has 0 saturated carbocycles. The Labute approximate surface area is 178 Å². The molecular weight excluding hydrogens is 368 g/mol. The zero-order valence-electron chi connectivity index (χ0n) is 17.9. The van der Waals surface area contributed by atoms with E-state index < -0.39 is 0 Å². The summed E-state index contributed by atoms with van der Waals surface area (Å²) >= 11 is 0. The summed E-state index contributed by atoms with van der Waals surface area (Å²) in [7, 11) is 0. The smallest absolute Gasteiger partial charge is 0.197 e. The van der Waals surface area contributed by atoms with Gasteiger partial charge >= 0.3 is 0 Å². The molecule has 30 heavy (non-hydrogen) atoms. The monoisotopic (exact) mass is 396 g/mol. The van der Waals surface area contributed by atoms with E-state index in [2.05, 4.69) is 86.6 Å². The average molecular weight is 397 g/mol. The van der Waals surface area contributed by atoms with Gasteiger partial charge in [0.05, 0.1) is 6.10 Å². The zero-order valence-corrected chi connectivity index (χ0v) is 17.9. The molecule has 0 saturated heterocycles. The van der Waals surface area contributed by atoms with Gasteiger partial charge in [0, 0.05) is 6.42 Å². The second-order valence-corrected chi connectivity index (χ2v) is 8.42. The number of hydrogen-bond acceptors (Lipinski definition) is 2. The molecule has 3 atom stereocenters. The SMILES string of the molecule is CCC(C)c1ccc(OC(C)OC2Cc3cc4ccccc4c4cccc2c34)cc1. The fraction of sp³-hybridized carbons (Fsp3) is 0.286. The van der Waals surface area contributed by atoms with Gasteiger partial charge in [-0.3, -0.25) is 0 Å². The lowest BCUT2D eigenvalue weighted by atomic mass is 9.98. The number of fused-ring (bicyclic) bond motifs is 2. The van der Waals surface area contributed by atoms with Gasteiger partial charge in [-0.15, -0.1) is 0 Å². The molecule has 0 aromatic heterocycles. The molecule has 0 heterocycles. The lowest BCUT2D eigenvalue weighted by molar-refractivity contribution is -0.107. The van der Waals surface area contributed by atoms with Crippen molar-refractivity contribution in [3.8, 4) is 5.75 Å². The normalized spacial score (nSPS) is 17.4. The molecule has 0 spiro atoms. The van der Waals surface area contributed by atoms with Gasteiger partial charge in [-0.2, -0.15) is 0 Å². The Hall–Kier alpha value is -2.84. The average Bonchev–Trinajstić information content (AvgIpc) is 3.12. The summed E-state index contributed by atoms with van der Waals surface area (Å²) in [5.41, 5.74) is 3.99. The van der Waals surface area contributed by atoms with Crippen LogP contribution in [0.4, 0.5) is 0 Å². The quantitative estimate of drug-likeness (QED) is 0.247. The number of benzene rings is 4. The van der Waals surface area contributed by atoms with Crippen LogP contribution in [0.5, 0.6) is 5.75 Å². The van der Waals surface area contributed by atoms with E-state index in [0.717, 1.165) is 18.6 Å². The summed E-state index contributed by atoms with van der Waals surface area (Å²) in [5, 5.41) is 5.28. The van der Waals surface area contributed by atoms with Crippen LogP contribution in [0, 0.1) is 0 Å². The highest BCUT2D eigenvalue weighted by Gasteiger charge is 2.27. The molecule has 0 N–H and O–H groups in total. The third kappa shape index (κ3) is 3.36. The van der Waals surface area contributed by atoms with Crippen LogP contribution in [0.25, 0.3) is 21.5 Å². The van der Waals surface area contributed by atoms with Crippen LogP contribution in [0.15, 0.2) is 72.8 Å². The molecule has 1 aliphatic rings. The first-order valence-electron chi connectivity index (χ1n) is 11.0. The Bertz CT molecular complexity index is 1190. The van der Waals surface area contributed by atoms with Crippen LogP contribution in [0.3, 0.4) is 0 Å². The van der Waals surface area contributed by atoms with Gasteiger partial charge in [0.25, 0.3) is 0 Å². The van der Waals surface area contributed by atoms with Gasteiger partial charge < -0.3 is 9.47 Å². The summed E-state index contributed by atoms with van der Waals surface area (Å²) in [6.45, 7) is 6.46. The number of ether oxygens (including phenoxy) is 2. The molecule has 0 aliphatic heterocycles. The maximum absolute atomic E-state index is 6.39. The predicted molar refractivity (Wildman–Crippen MR) is 124 cm³/mol. The van der Waals surface area contributed by atoms with E-state index in [1.807, 2.05) is 6.92 Å². The van der Waals surface area contributed by atoms with Crippen molar-refractivity contribution in [2.24, 2.45) is 0 Å². The van der Waals surface area contributed by atoms with Crippen LogP contribution < -0.4 is 4.74 Å². The summed E-state index contributed by atoms with van der Waals surface area (Å²) < 4.78 is 12.5. The molecule has 2 heteroatoms. The van der Waals surface area contributed by atoms with E-state index in [9.17, 15) is 0 Å². The predicted octanol–water partition coefficient (Wildman–Crippen LogP) is 7.55. The Kier molecular flexibility index (Phi) is 4.96. The van der Waals surface area contributed by atoms with Gasteiger partial charge in [-0.25, -0.2) is 0 Å². The molecule has 0 fully saturated rings. The Balaban J connectivity index is 1.37. The molecule has 4 aromatic rings. The van der Waals surface area contributed by atoms with E-state index in [1.165, 1.54) is 38.2 Å². The van der Waals surface area contributed by atoms with E-state index in [4.69, 9.17) is 9.47 Å². The largest absolute Gasteiger partial charge is 0.465 e. The second kappa shape index (κ2) is 7.77. The molecule has 5 rings (SSSR count). The van der Waals surface area contributed by atoms with Crippen molar-refractivity contribution in [2.75, 3.05) is 0 Å². The van der Waals surface area contributed by atoms with E-state index in [1.54, 1.807) is 0 Å². The fourth-order valence-corrected chi connectivity index (χ4v) is 4.70. The first-order valence-corrected chi connectivity index (χ1v) is 11.0. The van der Waals surface area contributed by atoms with Gasteiger partial charge in [0.2, 0.25) is 0 Å². The molecule has 1 aliphatic carbocycles. The summed E-state index contributed by atoms with van der Waals surface area (Å²) in [6.07, 6.45) is 1.74. The third-order valence-electron chi connectivity index (χ3n) is 6.47. The third-order valence-corrected chi connectivity index (χ3v) is 6.47. The summed E-state index contributed by atoms with van der Waals surface area (Å²) in [5.74, 6) is 1.43. The Morgan fingerprint density at radius 1 is 0.900 bits per heavy atom. The Morgan fingerprint density at radius 2 is 1.67 bits per heavy atom. The lowest BCUT2D eigenvalue weighted by Gasteiger charge is -2.21. The first kappa shape index (κ1) is 19.1. The molecule has 4 aromatic carbocycles. The van der Waals surface area contributed by atoms with Gasteiger partial charge in [-0.1, -0.05) is 74.5 Å².